The number of halogens is 2. The number of thiophene rings is 1. The zero-order valence-corrected chi connectivity index (χ0v) is 19.4. The van der Waals surface area contributed by atoms with Crippen molar-refractivity contribution in [2.24, 2.45) is 5.92 Å². The van der Waals surface area contributed by atoms with Crippen LogP contribution in [0, 0.1) is 5.92 Å². The van der Waals surface area contributed by atoms with Crippen molar-refractivity contribution in [3.63, 3.8) is 0 Å². The number of benzene rings is 1. The van der Waals surface area contributed by atoms with Crippen molar-refractivity contribution in [2.75, 3.05) is 11.7 Å². The SMILES string of the molecule is C[C@H]1CCc2c(sc3c2C2NCNN2c2nnc(SCc4c(Cl)cccc4Cl)n2-3)C1. The van der Waals surface area contributed by atoms with Gasteiger partial charge in [-0.25, -0.2) is 9.99 Å². The second-order valence-corrected chi connectivity index (χ2v) is 10.8. The first-order chi connectivity index (χ1) is 14.6. The van der Waals surface area contributed by atoms with Gasteiger partial charge in [0.2, 0.25) is 5.95 Å². The average molecular weight is 479 g/mol. The van der Waals surface area contributed by atoms with Gasteiger partial charge in [0.05, 0.1) is 6.67 Å². The molecule has 0 amide bonds. The predicted molar refractivity (Wildman–Crippen MR) is 123 cm³/mol. The van der Waals surface area contributed by atoms with Gasteiger partial charge in [-0.2, -0.15) is 0 Å². The Kier molecular flexibility index (Phi) is 4.78. The second kappa shape index (κ2) is 7.39. The monoisotopic (exact) mass is 478 g/mol. The third kappa shape index (κ3) is 2.92. The van der Waals surface area contributed by atoms with Gasteiger partial charge in [-0.15, -0.1) is 21.5 Å². The van der Waals surface area contributed by atoms with Crippen LogP contribution in [0.5, 0.6) is 0 Å². The van der Waals surface area contributed by atoms with Gasteiger partial charge >= 0.3 is 0 Å². The Morgan fingerprint density at radius 2 is 2.10 bits per heavy atom. The molecule has 2 N–H and O–H groups in total. The number of hydrogen-bond donors (Lipinski definition) is 2. The van der Waals surface area contributed by atoms with Crippen LogP contribution in [0.2, 0.25) is 10.0 Å². The first-order valence-corrected chi connectivity index (χ1v) is 12.6. The minimum Gasteiger partial charge on any atom is -0.278 e. The van der Waals surface area contributed by atoms with Crippen LogP contribution in [0.15, 0.2) is 23.4 Å². The number of thioether (sulfide) groups is 1. The summed E-state index contributed by atoms with van der Waals surface area (Å²) in [7, 11) is 0. The highest BCUT2D eigenvalue weighted by molar-refractivity contribution is 7.98. The molecule has 0 saturated carbocycles. The number of hydrazine groups is 1. The molecule has 10 heteroatoms. The lowest BCUT2D eigenvalue weighted by molar-refractivity contribution is 0.499. The topological polar surface area (TPSA) is 58.0 Å². The summed E-state index contributed by atoms with van der Waals surface area (Å²) in [6, 6.07) is 5.62. The summed E-state index contributed by atoms with van der Waals surface area (Å²) >= 11 is 16.3. The summed E-state index contributed by atoms with van der Waals surface area (Å²) in [5.41, 5.74) is 7.25. The van der Waals surface area contributed by atoms with Crippen molar-refractivity contribution in [2.45, 2.75) is 43.3 Å². The third-order valence-electron chi connectivity index (χ3n) is 6.05. The van der Waals surface area contributed by atoms with Gasteiger partial charge < -0.3 is 0 Å². The molecule has 0 bridgehead atoms. The first kappa shape index (κ1) is 19.4. The van der Waals surface area contributed by atoms with E-state index < -0.39 is 0 Å². The maximum atomic E-state index is 6.38. The van der Waals surface area contributed by atoms with Gasteiger partial charge in [0, 0.05) is 26.2 Å². The summed E-state index contributed by atoms with van der Waals surface area (Å²) < 4.78 is 2.20. The van der Waals surface area contributed by atoms with Crippen molar-refractivity contribution >= 4 is 52.2 Å². The van der Waals surface area contributed by atoms with E-state index in [9.17, 15) is 0 Å². The van der Waals surface area contributed by atoms with Gasteiger partial charge in [-0.1, -0.05) is 48.0 Å². The molecule has 4 heterocycles. The van der Waals surface area contributed by atoms with Crippen molar-refractivity contribution in [1.82, 2.24) is 25.5 Å². The smallest absolute Gasteiger partial charge is 0.249 e. The summed E-state index contributed by atoms with van der Waals surface area (Å²) in [5.74, 6) is 2.21. The molecule has 2 atom stereocenters. The Labute approximate surface area is 192 Å². The van der Waals surface area contributed by atoms with Gasteiger partial charge in [-0.05, 0) is 48.4 Å². The molecule has 156 valence electrons. The second-order valence-electron chi connectivity index (χ2n) is 7.99. The number of nitrogens with one attached hydrogen (secondary N) is 2. The van der Waals surface area contributed by atoms with E-state index in [1.54, 1.807) is 11.8 Å². The fraction of sp³-hybridized carbons (Fsp3) is 0.400. The van der Waals surface area contributed by atoms with E-state index in [1.165, 1.54) is 27.4 Å². The lowest BCUT2D eigenvalue weighted by Gasteiger charge is -2.31. The van der Waals surface area contributed by atoms with Gasteiger partial charge in [0.25, 0.3) is 0 Å². The molecule has 3 aliphatic rings. The lowest BCUT2D eigenvalue weighted by Crippen LogP contribution is -2.39. The molecule has 1 aromatic carbocycles. The summed E-state index contributed by atoms with van der Waals surface area (Å²) in [5, 5.41) is 18.2. The molecular formula is C20H20Cl2N6S2. The summed E-state index contributed by atoms with van der Waals surface area (Å²) in [6.07, 6.45) is 3.66. The van der Waals surface area contributed by atoms with Crippen molar-refractivity contribution in [3.8, 4) is 5.00 Å². The van der Waals surface area contributed by atoms with E-state index in [4.69, 9.17) is 23.2 Å². The van der Waals surface area contributed by atoms with Crippen molar-refractivity contribution < 1.29 is 0 Å². The molecule has 6 nitrogen and oxygen atoms in total. The Morgan fingerprint density at radius 1 is 1.27 bits per heavy atom. The lowest BCUT2D eigenvalue weighted by atomic mass is 9.87. The largest absolute Gasteiger partial charge is 0.278 e. The van der Waals surface area contributed by atoms with Crippen LogP contribution in [-0.2, 0) is 18.6 Å². The van der Waals surface area contributed by atoms with E-state index in [-0.39, 0.29) is 6.17 Å². The van der Waals surface area contributed by atoms with Crippen molar-refractivity contribution in [1.29, 1.82) is 0 Å². The maximum absolute atomic E-state index is 6.38. The van der Waals surface area contributed by atoms with Crippen LogP contribution in [0.4, 0.5) is 5.95 Å². The van der Waals surface area contributed by atoms with Crippen LogP contribution >= 0.6 is 46.3 Å². The molecule has 1 fully saturated rings. The zero-order valence-electron chi connectivity index (χ0n) is 16.3. The Bertz CT molecular complexity index is 1120. The fourth-order valence-corrected chi connectivity index (χ4v) is 7.81. The number of hydrogen-bond acceptors (Lipinski definition) is 7. The molecule has 1 unspecified atom stereocenters. The summed E-state index contributed by atoms with van der Waals surface area (Å²) in [6.45, 7) is 3.07. The third-order valence-corrected chi connectivity index (χ3v) is 8.97. The van der Waals surface area contributed by atoms with Crippen molar-refractivity contribution in [3.05, 3.63) is 49.8 Å². The highest BCUT2D eigenvalue weighted by atomic mass is 35.5. The van der Waals surface area contributed by atoms with Crippen LogP contribution in [0.25, 0.3) is 5.00 Å². The normalized spacial score (nSPS) is 21.9. The molecule has 6 rings (SSSR count). The summed E-state index contributed by atoms with van der Waals surface area (Å²) in [4.78, 5) is 1.51. The Balaban J connectivity index is 1.43. The quantitative estimate of drug-likeness (QED) is 0.520. The van der Waals surface area contributed by atoms with E-state index >= 15 is 0 Å². The molecule has 2 aliphatic heterocycles. The van der Waals surface area contributed by atoms with E-state index in [0.29, 0.717) is 15.8 Å². The van der Waals surface area contributed by atoms with E-state index in [1.807, 2.05) is 29.5 Å². The molecule has 3 aromatic rings. The Morgan fingerprint density at radius 3 is 2.93 bits per heavy atom. The van der Waals surface area contributed by atoms with Gasteiger partial charge in [0.15, 0.2) is 5.16 Å². The van der Waals surface area contributed by atoms with E-state index in [2.05, 4.69) is 37.4 Å². The predicted octanol–water partition coefficient (Wildman–Crippen LogP) is 4.94. The minimum absolute atomic E-state index is 0.112. The first-order valence-electron chi connectivity index (χ1n) is 10.0. The molecule has 0 spiro atoms. The maximum Gasteiger partial charge on any atom is 0.249 e. The number of aromatic nitrogens is 3. The number of rotatable bonds is 3. The standard InChI is InChI=1S/C20H20Cl2N6S2/c1-10-5-6-11-15(7-10)30-18-16(11)17-23-9-24-28(17)19-25-26-20(27(18)19)29-8-12-13(21)3-2-4-14(12)22/h2-4,10,17,23-24H,5-9H2,1H3/t10-,17?/m0/s1. The van der Waals surface area contributed by atoms with Crippen LogP contribution in [0.3, 0.4) is 0 Å². The van der Waals surface area contributed by atoms with Crippen LogP contribution < -0.4 is 15.8 Å². The highest BCUT2D eigenvalue weighted by Crippen LogP contribution is 2.48. The van der Waals surface area contributed by atoms with Crippen LogP contribution in [-0.4, -0.2) is 21.4 Å². The molecule has 0 radical (unpaired) electrons. The molecule has 30 heavy (non-hydrogen) atoms. The van der Waals surface area contributed by atoms with Gasteiger partial charge in [0.1, 0.15) is 11.2 Å². The highest BCUT2D eigenvalue weighted by Gasteiger charge is 2.42. The molecule has 2 aromatic heterocycles. The molecule has 1 aliphatic carbocycles. The number of nitrogens with zero attached hydrogens (tertiary/aromatic N) is 4. The fourth-order valence-electron chi connectivity index (χ4n) is 4.53. The molecule has 1 saturated heterocycles. The average Bonchev–Trinajstić information content (AvgIpc) is 3.42. The molecular weight excluding hydrogens is 459 g/mol. The Hall–Kier alpha value is -1.29. The van der Waals surface area contributed by atoms with E-state index in [0.717, 1.165) is 42.1 Å². The van der Waals surface area contributed by atoms with Gasteiger partial charge in [-0.3, -0.25) is 10.3 Å². The number of anilines is 1. The number of fused-ring (bicyclic) bond motifs is 8. The minimum atomic E-state index is 0.112. The van der Waals surface area contributed by atoms with Crippen LogP contribution in [0.1, 0.15) is 41.1 Å². The zero-order chi connectivity index (χ0) is 20.4.